The normalized spacial score (nSPS) is 54.5. The van der Waals surface area contributed by atoms with Crippen molar-refractivity contribution in [3.05, 3.63) is 12.2 Å². The number of fused-ring (bicyclic) bond motifs is 3. The maximum Gasteiger partial charge on any atom is 0.314 e. The Morgan fingerprint density at radius 2 is 1.03 bits per heavy atom. The summed E-state index contributed by atoms with van der Waals surface area (Å²) in [6.45, 7) is 5.41. The lowest BCUT2D eigenvalue weighted by Crippen LogP contribution is -2.68. The summed E-state index contributed by atoms with van der Waals surface area (Å²) in [6.07, 6.45) is -29.1. The number of hydrogen-bond acceptors (Lipinski definition) is 23. The van der Waals surface area contributed by atoms with E-state index in [4.69, 9.17) is 37.9 Å². The standard InChI is InChI=1S/C44H70O23/c1-17-11-43-9-5-22-41(2,7-4-8-42(22,3)40(59)66-38-33(58)30(55)26(51)20(14-47)62-38)23(43)6-10-44(17,16-43)67-39-35(65-37-32(57)29(54)25(50)19(13-46)61-37)34(27(52)21(15-48)63-39)64-36-31(56)28(53)24(49)18(12-45)60-36/h18-39,45-58H,1,4-16H2,2-3H3/t18?,19?,20?,21?,22-,23-,24+,25+,26+,27+,28-,29-,30-,31?,32?,33?,34-,35?,36-,37-,38-,39-,41+,42+,43+,44-/m0/s1. The van der Waals surface area contributed by atoms with Gasteiger partial charge in [-0.15, -0.1) is 0 Å². The Bertz CT molecular complexity index is 1760. The summed E-state index contributed by atoms with van der Waals surface area (Å²) in [6, 6.07) is 0. The van der Waals surface area contributed by atoms with Crippen LogP contribution in [0.4, 0.5) is 0 Å². The molecule has 8 rings (SSSR count). The fourth-order valence-electron chi connectivity index (χ4n) is 13.5. The third-order valence-electron chi connectivity index (χ3n) is 17.1. The Morgan fingerprint density at radius 1 is 0.567 bits per heavy atom. The summed E-state index contributed by atoms with van der Waals surface area (Å²) < 4.78 is 48.2. The molecule has 2 bridgehead atoms. The van der Waals surface area contributed by atoms with Crippen molar-refractivity contribution in [2.75, 3.05) is 26.4 Å². The molecule has 1 spiro atoms. The van der Waals surface area contributed by atoms with E-state index in [-0.39, 0.29) is 11.8 Å². The molecule has 0 radical (unpaired) electrons. The molecule has 4 saturated carbocycles. The van der Waals surface area contributed by atoms with Crippen molar-refractivity contribution in [1.29, 1.82) is 0 Å². The predicted molar refractivity (Wildman–Crippen MR) is 219 cm³/mol. The summed E-state index contributed by atoms with van der Waals surface area (Å²) in [7, 11) is 0. The highest BCUT2D eigenvalue weighted by Crippen LogP contribution is 2.74. The maximum absolute atomic E-state index is 14.3. The van der Waals surface area contributed by atoms with Gasteiger partial charge in [-0.2, -0.15) is 0 Å². The zero-order valence-corrected chi connectivity index (χ0v) is 37.5. The molecule has 4 aliphatic carbocycles. The first-order chi connectivity index (χ1) is 31.6. The summed E-state index contributed by atoms with van der Waals surface area (Å²) in [5, 5.41) is 148. The molecule has 26 atom stereocenters. The minimum Gasteiger partial charge on any atom is -0.432 e. The van der Waals surface area contributed by atoms with Gasteiger partial charge in [-0.1, -0.05) is 19.9 Å². The van der Waals surface area contributed by atoms with Crippen LogP contribution in [0, 0.1) is 28.1 Å². The number of ether oxygens (including phenoxy) is 8. The zero-order chi connectivity index (χ0) is 48.7. The molecule has 8 fully saturated rings. The number of rotatable bonds is 12. The SMILES string of the molecule is C=C1C[C@@]23CC[C@H]4[C@@](C)(CCC[C@@]4(C)C(=O)O[C@@H]4OC(CO)[C@@H](O)[C@H](O)C4O)[C@@H]2CC[C@]1(O[C@@H]1OC(CO)[C@@H](O)[C@H](O[C@@H]2OC(CO)[C@@H](O)[C@H](O)C2O)C1O[C@@H]1OC(CO)[C@@H](O)[C@H](O)C1O)C3. The number of aliphatic hydroxyl groups is 14. The number of hydrogen-bond donors (Lipinski definition) is 14. The molecule has 0 aromatic rings. The van der Waals surface area contributed by atoms with Gasteiger partial charge in [-0.05, 0) is 86.5 Å². The molecule has 23 nitrogen and oxygen atoms in total. The Labute approximate surface area is 386 Å². The van der Waals surface area contributed by atoms with E-state index in [1.54, 1.807) is 0 Å². The van der Waals surface area contributed by atoms with Crippen LogP contribution < -0.4 is 0 Å². The Kier molecular flexibility index (Phi) is 15.0. The van der Waals surface area contributed by atoms with Crippen LogP contribution in [0.5, 0.6) is 0 Å². The number of carbonyl (C=O) groups is 1. The zero-order valence-electron chi connectivity index (χ0n) is 37.5. The van der Waals surface area contributed by atoms with Crippen molar-refractivity contribution >= 4 is 5.97 Å². The molecule has 4 aliphatic heterocycles. The van der Waals surface area contributed by atoms with Gasteiger partial charge in [0.1, 0.15) is 97.7 Å². The maximum atomic E-state index is 14.3. The van der Waals surface area contributed by atoms with E-state index in [1.807, 2.05) is 6.92 Å². The molecule has 67 heavy (non-hydrogen) atoms. The van der Waals surface area contributed by atoms with Crippen molar-refractivity contribution in [2.24, 2.45) is 28.1 Å². The second-order valence-corrected chi connectivity index (χ2v) is 20.8. The molecule has 0 aromatic carbocycles. The predicted octanol–water partition coefficient (Wildman–Crippen LogP) is -5.11. The Morgan fingerprint density at radius 3 is 1.57 bits per heavy atom. The molecule has 4 saturated heterocycles. The molecule has 0 aromatic heterocycles. The van der Waals surface area contributed by atoms with Crippen molar-refractivity contribution in [1.82, 2.24) is 0 Å². The highest BCUT2D eigenvalue weighted by Gasteiger charge is 2.70. The molecule has 8 unspecified atom stereocenters. The van der Waals surface area contributed by atoms with Gasteiger partial charge in [0, 0.05) is 0 Å². The molecule has 8 aliphatic rings. The average Bonchev–Trinajstić information content (AvgIpc) is 3.50. The van der Waals surface area contributed by atoms with Gasteiger partial charge < -0.3 is 109 Å². The summed E-state index contributed by atoms with van der Waals surface area (Å²) in [5.41, 5.74) is -2.33. The van der Waals surface area contributed by atoms with Gasteiger partial charge in [0.15, 0.2) is 18.9 Å². The fourth-order valence-corrected chi connectivity index (χ4v) is 13.5. The van der Waals surface area contributed by atoms with Crippen molar-refractivity contribution in [3.8, 4) is 0 Å². The topological polar surface area (TPSA) is 374 Å². The quantitative estimate of drug-likeness (QED) is 0.0494. The largest absolute Gasteiger partial charge is 0.432 e. The van der Waals surface area contributed by atoms with Gasteiger partial charge in [-0.25, -0.2) is 0 Å². The van der Waals surface area contributed by atoms with Crippen LogP contribution in [-0.2, 0) is 42.7 Å². The van der Waals surface area contributed by atoms with Crippen LogP contribution in [-0.4, -0.2) is 232 Å². The van der Waals surface area contributed by atoms with Crippen molar-refractivity contribution < 1.29 is 114 Å². The van der Waals surface area contributed by atoms with Crippen molar-refractivity contribution in [3.63, 3.8) is 0 Å². The first-order valence-corrected chi connectivity index (χ1v) is 23.4. The molecule has 0 amide bonds. The van der Waals surface area contributed by atoms with Crippen molar-refractivity contribution in [2.45, 2.75) is 200 Å². The number of aliphatic hydroxyl groups excluding tert-OH is 14. The van der Waals surface area contributed by atoms with Crippen LogP contribution in [0.25, 0.3) is 0 Å². The van der Waals surface area contributed by atoms with Gasteiger partial charge in [-0.3, -0.25) is 4.79 Å². The monoisotopic (exact) mass is 966 g/mol. The minimum atomic E-state index is -1.95. The summed E-state index contributed by atoms with van der Waals surface area (Å²) in [5.74, 6) is -0.805. The summed E-state index contributed by atoms with van der Waals surface area (Å²) >= 11 is 0. The second-order valence-electron chi connectivity index (χ2n) is 20.8. The molecule has 384 valence electrons. The smallest absolute Gasteiger partial charge is 0.314 e. The highest BCUT2D eigenvalue weighted by atomic mass is 16.8. The van der Waals surface area contributed by atoms with Crippen LogP contribution in [0.15, 0.2) is 12.2 Å². The van der Waals surface area contributed by atoms with Gasteiger partial charge in [0.05, 0.1) is 37.4 Å². The summed E-state index contributed by atoms with van der Waals surface area (Å²) in [4.78, 5) is 14.3. The van der Waals surface area contributed by atoms with Gasteiger partial charge in [0.25, 0.3) is 0 Å². The lowest BCUT2D eigenvalue weighted by molar-refractivity contribution is -0.400. The number of esters is 1. The van der Waals surface area contributed by atoms with E-state index in [9.17, 15) is 76.3 Å². The first-order valence-electron chi connectivity index (χ1n) is 23.4. The number of carbonyl (C=O) groups excluding carboxylic acids is 1. The van der Waals surface area contributed by atoms with E-state index in [0.717, 1.165) is 6.42 Å². The van der Waals surface area contributed by atoms with Crippen LogP contribution >= 0.6 is 0 Å². The second kappa shape index (κ2) is 19.4. The molecular formula is C44H70O23. The lowest BCUT2D eigenvalue weighted by Gasteiger charge is -2.64. The van der Waals surface area contributed by atoms with E-state index in [0.29, 0.717) is 56.9 Å². The van der Waals surface area contributed by atoms with Gasteiger partial charge in [0.2, 0.25) is 6.29 Å². The molecule has 14 N–H and O–H groups in total. The first kappa shape index (κ1) is 51.7. The van der Waals surface area contributed by atoms with Crippen LogP contribution in [0.1, 0.15) is 71.6 Å². The highest BCUT2D eigenvalue weighted by molar-refractivity contribution is 5.77. The van der Waals surface area contributed by atoms with Crippen LogP contribution in [0.3, 0.4) is 0 Å². The molecule has 4 heterocycles. The third kappa shape index (κ3) is 8.63. The van der Waals surface area contributed by atoms with Gasteiger partial charge >= 0.3 is 5.97 Å². The minimum absolute atomic E-state index is 0.0251. The van der Waals surface area contributed by atoms with Crippen LogP contribution in [0.2, 0.25) is 0 Å². The molecule has 23 heteroatoms. The van der Waals surface area contributed by atoms with E-state index in [1.165, 1.54) is 0 Å². The van der Waals surface area contributed by atoms with E-state index < -0.39 is 177 Å². The Balaban J connectivity index is 1.06. The third-order valence-corrected chi connectivity index (χ3v) is 17.1. The van der Waals surface area contributed by atoms with E-state index in [2.05, 4.69) is 13.5 Å². The lowest BCUT2D eigenvalue weighted by atomic mass is 9.41. The average molecular weight is 967 g/mol. The molecular weight excluding hydrogens is 896 g/mol. The van der Waals surface area contributed by atoms with E-state index >= 15 is 0 Å². The fraction of sp³-hybridized carbons (Fsp3) is 0.932. The Hall–Kier alpha value is -1.63.